The van der Waals surface area contributed by atoms with Gasteiger partial charge in [0.1, 0.15) is 6.29 Å². The average molecular weight is 113 g/mol. The molecule has 0 aromatic carbocycles. The molecule has 0 amide bonds. The van der Waals surface area contributed by atoms with Gasteiger partial charge in [0.2, 0.25) is 0 Å². The highest BCUT2D eigenvalue weighted by atomic mass is 16.1. The lowest BCUT2D eigenvalue weighted by Gasteiger charge is -2.04. The summed E-state index contributed by atoms with van der Waals surface area (Å²) < 4.78 is 0. The molecule has 46 valence electrons. The summed E-state index contributed by atoms with van der Waals surface area (Å²) in [4.78, 5) is 10.2. The van der Waals surface area contributed by atoms with Crippen molar-refractivity contribution in [2.45, 2.75) is 19.4 Å². The van der Waals surface area contributed by atoms with Gasteiger partial charge in [0.25, 0.3) is 0 Å². The highest BCUT2D eigenvalue weighted by Crippen LogP contribution is 2.11. The Balaban J connectivity index is 2.41. The number of rotatable bonds is 1. The Hall–Kier alpha value is -0.370. The number of carbonyl (C=O) groups is 1. The maximum Gasteiger partial charge on any atom is 0.137 e. The molecule has 0 radical (unpaired) electrons. The lowest BCUT2D eigenvalue weighted by atomic mass is 10.1. The molecule has 1 rings (SSSR count). The summed E-state index contributed by atoms with van der Waals surface area (Å²) >= 11 is 0. The summed E-state index contributed by atoms with van der Waals surface area (Å²) in [6.07, 6.45) is 2.14. The number of hydrogen-bond donors (Lipinski definition) is 1. The Labute approximate surface area is 49.3 Å². The zero-order chi connectivity index (χ0) is 5.98. The van der Waals surface area contributed by atoms with Crippen molar-refractivity contribution in [2.75, 3.05) is 6.54 Å². The minimum Gasteiger partial charge on any atom is -0.307 e. The monoisotopic (exact) mass is 113 g/mol. The molecule has 1 fully saturated rings. The SMILES string of the molecule is CC1CCN[C@@H]1C=O. The fourth-order valence-electron chi connectivity index (χ4n) is 1.04. The number of carbonyl (C=O) groups excluding carboxylic acids is 1. The van der Waals surface area contributed by atoms with Crippen molar-refractivity contribution in [1.29, 1.82) is 0 Å². The van der Waals surface area contributed by atoms with Crippen molar-refractivity contribution < 1.29 is 4.79 Å². The first-order valence-electron chi connectivity index (χ1n) is 3.03. The summed E-state index contributed by atoms with van der Waals surface area (Å²) in [5, 5.41) is 3.09. The van der Waals surface area contributed by atoms with E-state index < -0.39 is 0 Å². The largest absolute Gasteiger partial charge is 0.307 e. The predicted octanol–water partition coefficient (Wildman–Crippen LogP) is 0.183. The quantitative estimate of drug-likeness (QED) is 0.491. The van der Waals surface area contributed by atoms with E-state index in [0.717, 1.165) is 19.3 Å². The molecule has 1 heterocycles. The summed E-state index contributed by atoms with van der Waals surface area (Å²) in [5.41, 5.74) is 0. The molecule has 2 atom stereocenters. The van der Waals surface area contributed by atoms with Gasteiger partial charge in [-0.15, -0.1) is 0 Å². The topological polar surface area (TPSA) is 29.1 Å². The van der Waals surface area contributed by atoms with Crippen molar-refractivity contribution in [3.8, 4) is 0 Å². The van der Waals surface area contributed by atoms with Crippen molar-refractivity contribution in [2.24, 2.45) is 5.92 Å². The van der Waals surface area contributed by atoms with Crippen molar-refractivity contribution in [3.05, 3.63) is 0 Å². The number of nitrogens with one attached hydrogen (secondary N) is 1. The van der Waals surface area contributed by atoms with Crippen LogP contribution in [0, 0.1) is 5.92 Å². The molecule has 1 unspecified atom stereocenters. The van der Waals surface area contributed by atoms with Gasteiger partial charge in [0.15, 0.2) is 0 Å². The molecule has 0 bridgehead atoms. The van der Waals surface area contributed by atoms with Crippen molar-refractivity contribution in [1.82, 2.24) is 5.32 Å². The second-order valence-corrected chi connectivity index (χ2v) is 2.38. The molecule has 0 saturated carbocycles. The normalized spacial score (nSPS) is 37.6. The smallest absolute Gasteiger partial charge is 0.137 e. The number of hydrogen-bond acceptors (Lipinski definition) is 2. The van der Waals surface area contributed by atoms with E-state index in [1.165, 1.54) is 0 Å². The van der Waals surface area contributed by atoms with E-state index in [1.807, 2.05) is 0 Å². The fraction of sp³-hybridized carbons (Fsp3) is 0.833. The van der Waals surface area contributed by atoms with Gasteiger partial charge in [-0.05, 0) is 18.9 Å². The summed E-state index contributed by atoms with van der Waals surface area (Å²) in [5.74, 6) is 0.549. The minimum atomic E-state index is 0.134. The number of aldehydes is 1. The molecule has 1 aliphatic heterocycles. The van der Waals surface area contributed by atoms with Crippen LogP contribution in [0.4, 0.5) is 0 Å². The van der Waals surface area contributed by atoms with Crippen molar-refractivity contribution >= 4 is 6.29 Å². The van der Waals surface area contributed by atoms with Crippen LogP contribution in [-0.2, 0) is 4.79 Å². The van der Waals surface area contributed by atoms with E-state index >= 15 is 0 Å². The standard InChI is InChI=1S/C6H11NO/c1-5-2-3-7-6(5)4-8/h4-7H,2-3H2,1H3/t5?,6-/m1/s1. The van der Waals surface area contributed by atoms with Crippen LogP contribution in [0.25, 0.3) is 0 Å². The first-order valence-corrected chi connectivity index (χ1v) is 3.03. The Kier molecular flexibility index (Phi) is 1.63. The van der Waals surface area contributed by atoms with Crippen LogP contribution in [-0.4, -0.2) is 18.9 Å². The molecule has 0 aromatic rings. The predicted molar refractivity (Wildman–Crippen MR) is 31.6 cm³/mol. The summed E-state index contributed by atoms with van der Waals surface area (Å²) in [6, 6.07) is 0.134. The van der Waals surface area contributed by atoms with Gasteiger partial charge >= 0.3 is 0 Å². The van der Waals surface area contributed by atoms with Gasteiger partial charge in [-0.1, -0.05) is 6.92 Å². The first-order chi connectivity index (χ1) is 3.84. The summed E-state index contributed by atoms with van der Waals surface area (Å²) in [7, 11) is 0. The highest BCUT2D eigenvalue weighted by Gasteiger charge is 2.20. The Morgan fingerprint density at radius 2 is 2.50 bits per heavy atom. The third-order valence-electron chi connectivity index (χ3n) is 1.74. The molecule has 1 aliphatic rings. The van der Waals surface area contributed by atoms with Crippen LogP contribution in [0.3, 0.4) is 0 Å². The van der Waals surface area contributed by atoms with Gasteiger partial charge in [-0.25, -0.2) is 0 Å². The molecular weight excluding hydrogens is 102 g/mol. The van der Waals surface area contributed by atoms with Gasteiger partial charge in [0.05, 0.1) is 6.04 Å². The van der Waals surface area contributed by atoms with Gasteiger partial charge < -0.3 is 10.1 Å². The molecule has 2 heteroatoms. The van der Waals surface area contributed by atoms with E-state index in [2.05, 4.69) is 12.2 Å². The van der Waals surface area contributed by atoms with Crippen LogP contribution < -0.4 is 5.32 Å². The van der Waals surface area contributed by atoms with Crippen LogP contribution in [0.5, 0.6) is 0 Å². The van der Waals surface area contributed by atoms with Gasteiger partial charge in [0, 0.05) is 0 Å². The molecule has 0 aliphatic carbocycles. The van der Waals surface area contributed by atoms with Crippen LogP contribution in [0.2, 0.25) is 0 Å². The third kappa shape index (κ3) is 0.892. The average Bonchev–Trinajstić information content (AvgIpc) is 2.14. The van der Waals surface area contributed by atoms with Crippen LogP contribution >= 0.6 is 0 Å². The van der Waals surface area contributed by atoms with Gasteiger partial charge in [-0.2, -0.15) is 0 Å². The first kappa shape index (κ1) is 5.76. The molecule has 1 saturated heterocycles. The second kappa shape index (κ2) is 2.27. The fourth-order valence-corrected chi connectivity index (χ4v) is 1.04. The second-order valence-electron chi connectivity index (χ2n) is 2.38. The maximum atomic E-state index is 10.2. The third-order valence-corrected chi connectivity index (χ3v) is 1.74. The van der Waals surface area contributed by atoms with E-state index in [1.54, 1.807) is 0 Å². The van der Waals surface area contributed by atoms with E-state index in [4.69, 9.17) is 0 Å². The zero-order valence-electron chi connectivity index (χ0n) is 5.05. The molecule has 2 nitrogen and oxygen atoms in total. The zero-order valence-corrected chi connectivity index (χ0v) is 5.05. The Bertz CT molecular complexity index is 92.5. The highest BCUT2D eigenvalue weighted by molar-refractivity contribution is 5.58. The Morgan fingerprint density at radius 3 is 2.75 bits per heavy atom. The van der Waals surface area contributed by atoms with Crippen molar-refractivity contribution in [3.63, 3.8) is 0 Å². The van der Waals surface area contributed by atoms with E-state index in [9.17, 15) is 4.79 Å². The Morgan fingerprint density at radius 1 is 1.75 bits per heavy atom. The van der Waals surface area contributed by atoms with Crippen LogP contribution in [0.1, 0.15) is 13.3 Å². The molecular formula is C6H11NO. The van der Waals surface area contributed by atoms with E-state index in [0.29, 0.717) is 5.92 Å². The summed E-state index contributed by atoms with van der Waals surface area (Å²) in [6.45, 7) is 3.10. The molecule has 0 aromatic heterocycles. The lowest BCUT2D eigenvalue weighted by molar-refractivity contribution is -0.109. The van der Waals surface area contributed by atoms with E-state index in [-0.39, 0.29) is 6.04 Å². The minimum absolute atomic E-state index is 0.134. The maximum absolute atomic E-state index is 10.2. The molecule has 0 spiro atoms. The molecule has 8 heavy (non-hydrogen) atoms. The van der Waals surface area contributed by atoms with Gasteiger partial charge in [-0.3, -0.25) is 0 Å². The molecule has 1 N–H and O–H groups in total. The van der Waals surface area contributed by atoms with Crippen LogP contribution in [0.15, 0.2) is 0 Å². The lowest BCUT2D eigenvalue weighted by Crippen LogP contribution is -2.26.